The Kier molecular flexibility index (Phi) is 6.44. The number of aromatic nitrogens is 1. The zero-order valence-electron chi connectivity index (χ0n) is 17.5. The summed E-state index contributed by atoms with van der Waals surface area (Å²) in [4.78, 5) is 27.9. The number of esters is 1. The van der Waals surface area contributed by atoms with Crippen LogP contribution in [0.15, 0.2) is 12.1 Å². The number of hydrogen-bond acceptors (Lipinski definition) is 5. The monoisotopic (exact) mass is 441 g/mol. The molecule has 1 amide bonds. The molecular formula is C20H22F3N3O5. The van der Waals surface area contributed by atoms with E-state index in [9.17, 15) is 33.1 Å². The lowest BCUT2D eigenvalue weighted by molar-refractivity contribution is -0.274. The first-order chi connectivity index (χ1) is 14.2. The van der Waals surface area contributed by atoms with Gasteiger partial charge < -0.3 is 24.5 Å². The van der Waals surface area contributed by atoms with Crippen LogP contribution in [0.5, 0.6) is 5.75 Å². The number of halogens is 3. The molecule has 1 atom stereocenters. The molecular weight excluding hydrogens is 419 g/mol. The first-order valence-electron chi connectivity index (χ1n) is 9.14. The highest BCUT2D eigenvalue weighted by Gasteiger charge is 2.35. The molecule has 0 saturated carbocycles. The van der Waals surface area contributed by atoms with E-state index in [2.05, 4.69) is 9.72 Å². The van der Waals surface area contributed by atoms with Crippen molar-refractivity contribution >= 4 is 23.0 Å². The van der Waals surface area contributed by atoms with Crippen molar-refractivity contribution in [1.82, 2.24) is 9.88 Å². The molecule has 0 aliphatic rings. The number of rotatable bonds is 5. The maximum absolute atomic E-state index is 12.9. The van der Waals surface area contributed by atoms with Gasteiger partial charge in [-0.05, 0) is 45.7 Å². The summed E-state index contributed by atoms with van der Waals surface area (Å²) in [7, 11) is 1.10. The summed E-state index contributed by atoms with van der Waals surface area (Å²) >= 11 is 0. The largest absolute Gasteiger partial charge is 0.573 e. The van der Waals surface area contributed by atoms with Crippen molar-refractivity contribution in [1.29, 1.82) is 5.26 Å². The lowest BCUT2D eigenvalue weighted by Crippen LogP contribution is -2.50. The van der Waals surface area contributed by atoms with Gasteiger partial charge in [0.25, 0.3) is 0 Å². The maximum atomic E-state index is 12.9. The molecule has 0 aliphatic heterocycles. The molecule has 0 saturated heterocycles. The van der Waals surface area contributed by atoms with Crippen molar-refractivity contribution in [2.75, 3.05) is 7.11 Å². The number of carbonyl (C=O) groups excluding carboxylic acids is 1. The van der Waals surface area contributed by atoms with Crippen LogP contribution in [0, 0.1) is 11.3 Å². The third kappa shape index (κ3) is 5.20. The fourth-order valence-electron chi connectivity index (χ4n) is 3.60. The Morgan fingerprint density at radius 3 is 2.35 bits per heavy atom. The van der Waals surface area contributed by atoms with Crippen LogP contribution < -0.4 is 4.74 Å². The molecule has 1 unspecified atom stereocenters. The molecule has 8 nitrogen and oxygen atoms in total. The lowest BCUT2D eigenvalue weighted by atomic mass is 9.97. The van der Waals surface area contributed by atoms with Crippen LogP contribution in [0.25, 0.3) is 10.9 Å². The van der Waals surface area contributed by atoms with Crippen LogP contribution in [0.3, 0.4) is 0 Å². The number of amides is 1. The van der Waals surface area contributed by atoms with Gasteiger partial charge >= 0.3 is 18.4 Å². The molecule has 0 radical (unpaired) electrons. The molecule has 11 heteroatoms. The molecule has 0 spiro atoms. The first kappa shape index (κ1) is 23.9. The third-order valence-corrected chi connectivity index (χ3v) is 4.59. The topological polar surface area (TPSA) is 116 Å². The van der Waals surface area contributed by atoms with Crippen LogP contribution in [-0.4, -0.2) is 52.1 Å². The van der Waals surface area contributed by atoms with E-state index in [1.54, 1.807) is 33.8 Å². The first-order valence-corrected chi connectivity index (χ1v) is 9.14. The minimum Gasteiger partial charge on any atom is -0.465 e. The fraction of sp³-hybridized carbons (Fsp3) is 0.450. The lowest BCUT2D eigenvalue weighted by Gasteiger charge is -2.38. The molecule has 1 aromatic heterocycles. The number of nitrogens with one attached hydrogen (secondary N) is 1. The molecule has 2 N–H and O–H groups in total. The highest BCUT2D eigenvalue weighted by atomic mass is 19.4. The standard InChI is InChI=1S/C20H22F3N3O5/c1-10(26(18(28)29)19(2,3)4)6-12-13-7-11(9-24)8-14(31-20(21,22)23)15(13)25-16(12)17(27)30-5/h7-8,10,25H,6H2,1-5H3,(H,28,29). The quantitative estimate of drug-likeness (QED) is 0.663. The summed E-state index contributed by atoms with van der Waals surface area (Å²) in [6.45, 7) is 6.69. The molecule has 2 aromatic rings. The Balaban J connectivity index is 2.74. The zero-order valence-corrected chi connectivity index (χ0v) is 17.5. The van der Waals surface area contributed by atoms with E-state index in [1.165, 1.54) is 11.0 Å². The minimum absolute atomic E-state index is 0.0334. The minimum atomic E-state index is -5.03. The smallest absolute Gasteiger partial charge is 0.465 e. The Morgan fingerprint density at radius 2 is 1.90 bits per heavy atom. The zero-order chi connectivity index (χ0) is 23.7. The summed E-state index contributed by atoms with van der Waals surface area (Å²) in [5.41, 5.74) is -0.997. The third-order valence-electron chi connectivity index (χ3n) is 4.59. The normalized spacial score (nSPS) is 12.9. The Hall–Kier alpha value is -3.42. The van der Waals surface area contributed by atoms with E-state index in [-0.39, 0.29) is 34.1 Å². The van der Waals surface area contributed by atoms with E-state index >= 15 is 0 Å². The van der Waals surface area contributed by atoms with E-state index in [4.69, 9.17) is 4.74 Å². The van der Waals surface area contributed by atoms with Crippen LogP contribution in [0.4, 0.5) is 18.0 Å². The molecule has 31 heavy (non-hydrogen) atoms. The molecule has 0 bridgehead atoms. The summed E-state index contributed by atoms with van der Waals surface area (Å²) < 4.78 is 47.4. The number of alkyl halides is 3. The summed E-state index contributed by atoms with van der Waals surface area (Å²) in [5.74, 6) is -1.54. The van der Waals surface area contributed by atoms with E-state index in [0.717, 1.165) is 13.2 Å². The highest BCUT2D eigenvalue weighted by Crippen LogP contribution is 2.36. The number of nitrogens with zero attached hydrogens (tertiary/aromatic N) is 2. The van der Waals surface area contributed by atoms with Crippen LogP contribution in [0.1, 0.15) is 49.3 Å². The van der Waals surface area contributed by atoms with Gasteiger partial charge in [-0.15, -0.1) is 13.2 Å². The van der Waals surface area contributed by atoms with Crippen LogP contribution >= 0.6 is 0 Å². The van der Waals surface area contributed by atoms with Gasteiger partial charge in [0, 0.05) is 23.0 Å². The van der Waals surface area contributed by atoms with E-state index in [1.807, 2.05) is 0 Å². The van der Waals surface area contributed by atoms with Crippen LogP contribution in [-0.2, 0) is 11.2 Å². The van der Waals surface area contributed by atoms with Gasteiger partial charge in [0.05, 0.1) is 24.3 Å². The van der Waals surface area contributed by atoms with E-state index in [0.29, 0.717) is 0 Å². The molecule has 0 aliphatic carbocycles. The average molecular weight is 441 g/mol. The van der Waals surface area contributed by atoms with Gasteiger partial charge in [-0.1, -0.05) is 0 Å². The second kappa shape index (κ2) is 8.37. The van der Waals surface area contributed by atoms with Crippen molar-refractivity contribution in [2.24, 2.45) is 0 Å². The molecule has 0 fully saturated rings. The van der Waals surface area contributed by atoms with Crippen molar-refractivity contribution in [2.45, 2.75) is 52.1 Å². The number of fused-ring (bicyclic) bond motifs is 1. The molecule has 1 heterocycles. The van der Waals surface area contributed by atoms with Crippen molar-refractivity contribution in [3.8, 4) is 11.8 Å². The Morgan fingerprint density at radius 1 is 1.29 bits per heavy atom. The van der Waals surface area contributed by atoms with Crippen LogP contribution in [0.2, 0.25) is 0 Å². The molecule has 2 rings (SSSR count). The summed E-state index contributed by atoms with van der Waals surface area (Å²) in [5, 5.41) is 19.0. The number of carboxylic acid groups (broad SMARTS) is 1. The number of methoxy groups -OCH3 is 1. The molecule has 168 valence electrons. The highest BCUT2D eigenvalue weighted by molar-refractivity contribution is 6.00. The summed E-state index contributed by atoms with van der Waals surface area (Å²) in [6, 6.07) is 3.31. The Bertz CT molecular complexity index is 1050. The second-order valence-corrected chi connectivity index (χ2v) is 7.90. The van der Waals surface area contributed by atoms with Crippen molar-refractivity contribution < 1.29 is 37.3 Å². The predicted octanol–water partition coefficient (Wildman–Crippen LogP) is 4.43. The van der Waals surface area contributed by atoms with Gasteiger partial charge in [0.15, 0.2) is 5.75 Å². The van der Waals surface area contributed by atoms with Gasteiger partial charge in [-0.3, -0.25) is 0 Å². The SMILES string of the molecule is COC(=O)c1[nH]c2c(OC(F)(F)F)cc(C#N)cc2c1CC(C)N(C(=O)O)C(C)(C)C. The number of ether oxygens (including phenoxy) is 2. The number of hydrogen-bond donors (Lipinski definition) is 2. The number of nitriles is 1. The second-order valence-electron chi connectivity index (χ2n) is 7.90. The average Bonchev–Trinajstić information content (AvgIpc) is 2.96. The van der Waals surface area contributed by atoms with E-state index < -0.39 is 35.8 Å². The fourth-order valence-corrected chi connectivity index (χ4v) is 3.60. The Labute approximate surface area is 176 Å². The number of H-pyrrole nitrogens is 1. The number of carbonyl (C=O) groups is 2. The van der Waals surface area contributed by atoms with Gasteiger partial charge in [-0.25, -0.2) is 9.59 Å². The maximum Gasteiger partial charge on any atom is 0.573 e. The number of aromatic amines is 1. The van der Waals surface area contributed by atoms with Gasteiger partial charge in [0.2, 0.25) is 0 Å². The van der Waals surface area contributed by atoms with Gasteiger partial charge in [-0.2, -0.15) is 5.26 Å². The predicted molar refractivity (Wildman–Crippen MR) is 104 cm³/mol. The number of benzene rings is 1. The molecule has 1 aromatic carbocycles. The summed E-state index contributed by atoms with van der Waals surface area (Å²) in [6.07, 6.45) is -6.26. The van der Waals surface area contributed by atoms with Gasteiger partial charge in [0.1, 0.15) is 5.69 Å². The van der Waals surface area contributed by atoms with Crippen molar-refractivity contribution in [3.05, 3.63) is 29.0 Å². The van der Waals surface area contributed by atoms with Crippen molar-refractivity contribution in [3.63, 3.8) is 0 Å².